The number of thioether (sulfide) groups is 1. The molecule has 2 heterocycles. The molecular formula is C19H19N5O3S2. The lowest BCUT2D eigenvalue weighted by atomic mass is 10.3. The van der Waals surface area contributed by atoms with Gasteiger partial charge in [0.15, 0.2) is 12.4 Å². The first-order valence-electron chi connectivity index (χ1n) is 8.61. The molecule has 0 spiro atoms. The van der Waals surface area contributed by atoms with Crippen molar-refractivity contribution >= 4 is 39.3 Å². The molecule has 0 fully saturated rings. The molecule has 0 aliphatic heterocycles. The number of nitrogens with zero attached hydrogens (tertiary/aromatic N) is 3. The zero-order valence-electron chi connectivity index (χ0n) is 15.8. The number of aromatic nitrogens is 3. The minimum absolute atomic E-state index is 0.00633. The number of sulfonamides is 1. The maximum absolute atomic E-state index is 12.5. The molecule has 0 saturated heterocycles. The van der Waals surface area contributed by atoms with Gasteiger partial charge in [0.05, 0.1) is 10.6 Å². The van der Waals surface area contributed by atoms with Gasteiger partial charge in [-0.3, -0.25) is 9.52 Å². The van der Waals surface area contributed by atoms with E-state index in [1.54, 1.807) is 32.3 Å². The number of amides is 1. The molecule has 3 rings (SSSR count). The van der Waals surface area contributed by atoms with Crippen molar-refractivity contribution in [2.24, 2.45) is 0 Å². The van der Waals surface area contributed by atoms with E-state index in [2.05, 4.69) is 25.0 Å². The van der Waals surface area contributed by atoms with Crippen molar-refractivity contribution in [2.45, 2.75) is 23.6 Å². The van der Waals surface area contributed by atoms with Crippen LogP contribution in [-0.4, -0.2) is 30.0 Å². The molecule has 2 aromatic heterocycles. The number of carbonyl (C=O) groups is 1. The summed E-state index contributed by atoms with van der Waals surface area (Å²) in [4.78, 5) is 24.0. The second-order valence-electron chi connectivity index (χ2n) is 6.11. The van der Waals surface area contributed by atoms with Crippen LogP contribution < -0.4 is 10.3 Å². The molecule has 0 radical (unpaired) electrons. The van der Waals surface area contributed by atoms with Crippen LogP contribution in [0.5, 0.6) is 0 Å². The Bertz CT molecular complexity index is 1080. The van der Waals surface area contributed by atoms with Crippen LogP contribution in [0.4, 0.5) is 11.6 Å². The molecule has 0 aliphatic rings. The zero-order chi connectivity index (χ0) is 20.9. The lowest BCUT2D eigenvalue weighted by molar-refractivity contribution is -0.378. The summed E-state index contributed by atoms with van der Waals surface area (Å²) < 4.78 is 28.6. The highest BCUT2D eigenvalue weighted by Gasteiger charge is 2.12. The average Bonchev–Trinajstić information content (AvgIpc) is 2.66. The van der Waals surface area contributed by atoms with Crippen LogP contribution in [-0.2, 0) is 14.8 Å². The maximum Gasteiger partial charge on any atom is 0.234 e. The SMILES string of the molecule is Cc1cc(C)nc([N-]S(=O)(=O)c2ccc(NC(=O)CSc3cc[nH+]cc3)cc2)n1. The number of nitrogens with one attached hydrogen (secondary N) is 2. The molecule has 0 saturated carbocycles. The van der Waals surface area contributed by atoms with Crippen molar-refractivity contribution in [3.8, 4) is 0 Å². The smallest absolute Gasteiger partial charge is 0.234 e. The molecule has 1 aromatic carbocycles. The van der Waals surface area contributed by atoms with Crippen molar-refractivity contribution in [3.05, 3.63) is 71.0 Å². The molecule has 10 heteroatoms. The molecule has 29 heavy (non-hydrogen) atoms. The normalized spacial score (nSPS) is 11.1. The van der Waals surface area contributed by atoms with Crippen LogP contribution in [0.1, 0.15) is 11.4 Å². The second-order valence-corrected chi connectivity index (χ2v) is 8.77. The molecule has 0 aliphatic carbocycles. The van der Waals surface area contributed by atoms with E-state index < -0.39 is 10.0 Å². The highest BCUT2D eigenvalue weighted by atomic mass is 32.2. The van der Waals surface area contributed by atoms with Crippen molar-refractivity contribution < 1.29 is 18.2 Å². The summed E-state index contributed by atoms with van der Waals surface area (Å²) in [5.74, 6) is -0.0501. The number of benzene rings is 1. The van der Waals surface area contributed by atoms with Crippen molar-refractivity contribution in [1.82, 2.24) is 9.97 Å². The molecule has 0 atom stereocenters. The monoisotopic (exact) mass is 429 g/mol. The maximum atomic E-state index is 12.5. The van der Waals surface area contributed by atoms with Gasteiger partial charge in [-0.15, -0.1) is 11.8 Å². The van der Waals surface area contributed by atoms with Gasteiger partial charge in [0.1, 0.15) is 0 Å². The largest absolute Gasteiger partial charge is 0.363 e. The molecule has 8 nitrogen and oxygen atoms in total. The minimum atomic E-state index is -3.96. The van der Waals surface area contributed by atoms with Crippen LogP contribution in [0, 0.1) is 13.8 Å². The molecule has 3 aromatic rings. The third kappa shape index (κ3) is 6.00. The zero-order valence-corrected chi connectivity index (χ0v) is 17.4. The van der Waals surface area contributed by atoms with Crippen LogP contribution in [0.3, 0.4) is 0 Å². The molecule has 1 amide bonds. The number of rotatable bonds is 7. The number of pyridine rings is 1. The summed E-state index contributed by atoms with van der Waals surface area (Å²) in [6.45, 7) is 3.48. The van der Waals surface area contributed by atoms with E-state index in [1.807, 2.05) is 12.1 Å². The quantitative estimate of drug-likeness (QED) is 0.577. The number of anilines is 1. The average molecular weight is 430 g/mol. The Morgan fingerprint density at radius 1 is 1.07 bits per heavy atom. The van der Waals surface area contributed by atoms with Crippen LogP contribution in [0.2, 0.25) is 0 Å². The Labute approximate surface area is 173 Å². The predicted molar refractivity (Wildman–Crippen MR) is 111 cm³/mol. The van der Waals surface area contributed by atoms with E-state index in [1.165, 1.54) is 36.0 Å². The lowest BCUT2D eigenvalue weighted by Gasteiger charge is -2.15. The Morgan fingerprint density at radius 3 is 2.31 bits per heavy atom. The van der Waals surface area contributed by atoms with Gasteiger partial charge in [-0.05, 0) is 49.5 Å². The summed E-state index contributed by atoms with van der Waals surface area (Å²) in [7, 11) is -3.96. The Morgan fingerprint density at radius 2 is 1.69 bits per heavy atom. The first-order chi connectivity index (χ1) is 13.8. The van der Waals surface area contributed by atoms with Gasteiger partial charge in [-0.2, -0.15) is 0 Å². The number of hydrogen-bond donors (Lipinski definition) is 1. The standard InChI is InChI=1S/C19H19N5O3S2/c1-13-11-14(2)22-19(21-13)24-29(26,27)17-5-3-15(4-6-17)23-18(25)12-28-16-7-9-20-10-8-16/h3-11H,12H2,1-2H3,(H2,21,22,23,24,25). The van der Waals surface area contributed by atoms with Crippen molar-refractivity contribution in [2.75, 3.05) is 11.1 Å². The van der Waals surface area contributed by atoms with Crippen LogP contribution in [0.15, 0.2) is 64.6 Å². The van der Waals surface area contributed by atoms with Gasteiger partial charge in [-0.25, -0.2) is 13.4 Å². The first kappa shape index (κ1) is 20.7. The van der Waals surface area contributed by atoms with E-state index in [9.17, 15) is 13.2 Å². The minimum Gasteiger partial charge on any atom is -0.363 e. The van der Waals surface area contributed by atoms with Crippen LogP contribution >= 0.6 is 11.8 Å². The summed E-state index contributed by atoms with van der Waals surface area (Å²) in [5, 5.41) is 2.74. The fraction of sp³-hybridized carbons (Fsp3) is 0.158. The third-order valence-corrected chi connectivity index (χ3v) is 5.95. The lowest BCUT2D eigenvalue weighted by Crippen LogP contribution is -2.14. The number of H-pyrrole nitrogens is 1. The van der Waals surface area contributed by atoms with Gasteiger partial charge in [0.2, 0.25) is 15.9 Å². The van der Waals surface area contributed by atoms with Crippen molar-refractivity contribution in [1.29, 1.82) is 0 Å². The van der Waals surface area contributed by atoms with E-state index >= 15 is 0 Å². The number of aryl methyl sites for hydroxylation is 2. The summed E-state index contributed by atoms with van der Waals surface area (Å²) in [5.41, 5.74) is 1.77. The Balaban J connectivity index is 1.62. The molecule has 150 valence electrons. The fourth-order valence-electron chi connectivity index (χ4n) is 2.43. The van der Waals surface area contributed by atoms with Gasteiger partial charge < -0.3 is 15.3 Å². The Hall–Kier alpha value is -2.98. The second kappa shape index (κ2) is 9.01. The van der Waals surface area contributed by atoms with Gasteiger partial charge in [-0.1, -0.05) is 6.07 Å². The predicted octanol–water partition coefficient (Wildman–Crippen LogP) is 3.03. The van der Waals surface area contributed by atoms with Gasteiger partial charge >= 0.3 is 0 Å². The topological polar surface area (TPSA) is 117 Å². The summed E-state index contributed by atoms with van der Waals surface area (Å²) >= 11 is 1.40. The highest BCUT2D eigenvalue weighted by Crippen LogP contribution is 2.26. The van der Waals surface area contributed by atoms with E-state index in [0.29, 0.717) is 17.1 Å². The van der Waals surface area contributed by atoms with Crippen LogP contribution in [0.25, 0.3) is 4.72 Å². The molecular weight excluding hydrogens is 410 g/mol. The number of aromatic amines is 1. The van der Waals surface area contributed by atoms with Gasteiger partial charge in [0.25, 0.3) is 0 Å². The first-order valence-corrected chi connectivity index (χ1v) is 11.0. The number of carbonyl (C=O) groups excluding carboxylic acids is 1. The fourth-order valence-corrected chi connectivity index (χ4v) is 4.01. The highest BCUT2D eigenvalue weighted by molar-refractivity contribution is 8.00. The van der Waals surface area contributed by atoms with E-state index in [0.717, 1.165) is 4.90 Å². The van der Waals surface area contributed by atoms with E-state index in [-0.39, 0.29) is 22.5 Å². The summed E-state index contributed by atoms with van der Waals surface area (Å²) in [6, 6.07) is 11.3. The molecule has 0 bridgehead atoms. The van der Waals surface area contributed by atoms with Crippen molar-refractivity contribution in [3.63, 3.8) is 0 Å². The number of hydrogen-bond acceptors (Lipinski definition) is 6. The third-order valence-electron chi connectivity index (χ3n) is 3.67. The van der Waals surface area contributed by atoms with E-state index in [4.69, 9.17) is 0 Å². The Kier molecular flexibility index (Phi) is 6.45. The van der Waals surface area contributed by atoms with Gasteiger partial charge in [0, 0.05) is 28.7 Å². The molecule has 0 unspecified atom stereocenters. The molecule has 2 N–H and O–H groups in total. The summed E-state index contributed by atoms with van der Waals surface area (Å²) in [6.07, 6.45) is 3.57.